The second kappa shape index (κ2) is 5.70. The highest BCUT2D eigenvalue weighted by Crippen LogP contribution is 2.05. The average Bonchev–Trinajstić information content (AvgIpc) is 1.98. The molecule has 0 aromatic carbocycles. The van der Waals surface area contributed by atoms with Gasteiger partial charge in [0, 0.05) is 5.57 Å². The van der Waals surface area contributed by atoms with Gasteiger partial charge in [0.05, 0.1) is 7.11 Å². The van der Waals surface area contributed by atoms with Gasteiger partial charge in [-0.2, -0.15) is 0 Å². The third-order valence-electron chi connectivity index (χ3n) is 1.09. The predicted molar refractivity (Wildman–Crippen MR) is 49.3 cm³/mol. The summed E-state index contributed by atoms with van der Waals surface area (Å²) in [7, 11) is 1.37. The molecule has 0 aliphatic rings. The molecule has 2 nitrogen and oxygen atoms in total. The van der Waals surface area contributed by atoms with Crippen LogP contribution < -0.4 is 0 Å². The Hall–Kier alpha value is -0.0600. The van der Waals surface area contributed by atoms with Gasteiger partial charge >= 0.3 is 5.97 Å². The zero-order valence-corrected chi connectivity index (χ0v) is 8.18. The SMILES string of the molecule is C=C(CCCI)C(=O)OC. The van der Waals surface area contributed by atoms with E-state index in [1.807, 2.05) is 0 Å². The molecule has 0 fully saturated rings. The Morgan fingerprint density at radius 3 is 2.70 bits per heavy atom. The van der Waals surface area contributed by atoms with Crippen molar-refractivity contribution < 1.29 is 9.53 Å². The highest BCUT2D eigenvalue weighted by Gasteiger charge is 2.04. The van der Waals surface area contributed by atoms with E-state index in [9.17, 15) is 4.79 Å². The third-order valence-corrected chi connectivity index (χ3v) is 1.85. The van der Waals surface area contributed by atoms with Crippen LogP contribution >= 0.6 is 22.6 Å². The summed E-state index contributed by atoms with van der Waals surface area (Å²) in [5.41, 5.74) is 0.569. The Bertz CT molecular complexity index is 132. The second-order valence-electron chi connectivity index (χ2n) is 1.89. The van der Waals surface area contributed by atoms with Gasteiger partial charge in [-0.3, -0.25) is 0 Å². The van der Waals surface area contributed by atoms with Crippen LogP contribution in [-0.2, 0) is 9.53 Å². The standard InChI is InChI=1S/C7H11IO2/c1-6(4-3-5-8)7(9)10-2/h1,3-5H2,2H3. The molecule has 58 valence electrons. The van der Waals surface area contributed by atoms with Gasteiger partial charge in [0.2, 0.25) is 0 Å². The van der Waals surface area contributed by atoms with Crippen molar-refractivity contribution in [2.24, 2.45) is 0 Å². The lowest BCUT2D eigenvalue weighted by Crippen LogP contribution is -2.03. The number of carbonyl (C=O) groups is 1. The molecule has 0 aromatic heterocycles. The van der Waals surface area contributed by atoms with Crippen LogP contribution in [0.1, 0.15) is 12.8 Å². The number of rotatable bonds is 4. The van der Waals surface area contributed by atoms with Crippen molar-refractivity contribution in [3.05, 3.63) is 12.2 Å². The lowest BCUT2D eigenvalue weighted by Gasteiger charge is -1.99. The van der Waals surface area contributed by atoms with Crippen molar-refractivity contribution in [1.82, 2.24) is 0 Å². The minimum Gasteiger partial charge on any atom is -0.466 e. The monoisotopic (exact) mass is 254 g/mol. The zero-order chi connectivity index (χ0) is 7.98. The van der Waals surface area contributed by atoms with E-state index in [0.29, 0.717) is 5.57 Å². The van der Waals surface area contributed by atoms with Gasteiger partial charge < -0.3 is 4.74 Å². The highest BCUT2D eigenvalue weighted by molar-refractivity contribution is 14.1. The number of halogens is 1. The number of ether oxygens (including phenoxy) is 1. The van der Waals surface area contributed by atoms with Crippen LogP contribution in [0.3, 0.4) is 0 Å². The Labute approximate surface area is 74.8 Å². The maximum absolute atomic E-state index is 10.7. The molecule has 0 aromatic rings. The molecule has 0 atom stereocenters. The Morgan fingerprint density at radius 1 is 1.70 bits per heavy atom. The molecular formula is C7H11IO2. The predicted octanol–water partition coefficient (Wildman–Crippen LogP) is 1.93. The fraction of sp³-hybridized carbons (Fsp3) is 0.571. The molecule has 0 saturated carbocycles. The highest BCUT2D eigenvalue weighted by atomic mass is 127. The van der Waals surface area contributed by atoms with Crippen molar-refractivity contribution in [2.45, 2.75) is 12.8 Å². The molecule has 0 aliphatic heterocycles. The Kier molecular flexibility index (Phi) is 5.67. The van der Waals surface area contributed by atoms with Gasteiger partial charge in [-0.1, -0.05) is 29.2 Å². The molecule has 0 unspecified atom stereocenters. The van der Waals surface area contributed by atoms with Crippen molar-refractivity contribution in [3.8, 4) is 0 Å². The van der Waals surface area contributed by atoms with E-state index in [0.717, 1.165) is 17.3 Å². The summed E-state index contributed by atoms with van der Waals surface area (Å²) in [6.45, 7) is 3.59. The van der Waals surface area contributed by atoms with Gasteiger partial charge in [-0.05, 0) is 17.3 Å². The molecule has 0 aliphatic carbocycles. The van der Waals surface area contributed by atoms with Crippen LogP contribution in [0.25, 0.3) is 0 Å². The molecule has 0 radical (unpaired) electrons. The summed E-state index contributed by atoms with van der Waals surface area (Å²) in [4.78, 5) is 10.7. The Balaban J connectivity index is 3.52. The number of methoxy groups -OCH3 is 1. The summed E-state index contributed by atoms with van der Waals surface area (Å²) in [6.07, 6.45) is 1.74. The van der Waals surface area contributed by atoms with Crippen LogP contribution in [-0.4, -0.2) is 17.5 Å². The normalized spacial score (nSPS) is 9.00. The summed E-state index contributed by atoms with van der Waals surface area (Å²) < 4.78 is 5.52. The summed E-state index contributed by atoms with van der Waals surface area (Å²) >= 11 is 2.26. The molecule has 10 heavy (non-hydrogen) atoms. The fourth-order valence-electron chi connectivity index (χ4n) is 0.527. The summed E-state index contributed by atoms with van der Waals surface area (Å²) in [6, 6.07) is 0. The van der Waals surface area contributed by atoms with Gasteiger partial charge in [0.15, 0.2) is 0 Å². The van der Waals surface area contributed by atoms with Crippen LogP contribution in [0.4, 0.5) is 0 Å². The molecule has 0 spiro atoms. The van der Waals surface area contributed by atoms with Crippen molar-refractivity contribution >= 4 is 28.6 Å². The van der Waals surface area contributed by atoms with E-state index in [-0.39, 0.29) is 5.97 Å². The van der Waals surface area contributed by atoms with Gasteiger partial charge in [0.1, 0.15) is 0 Å². The topological polar surface area (TPSA) is 26.3 Å². The summed E-state index contributed by atoms with van der Waals surface area (Å²) in [5.74, 6) is -0.287. The smallest absolute Gasteiger partial charge is 0.333 e. The number of carbonyl (C=O) groups excluding carboxylic acids is 1. The maximum atomic E-state index is 10.7. The minimum atomic E-state index is -0.287. The molecule has 0 rings (SSSR count). The van der Waals surface area contributed by atoms with Gasteiger partial charge in [-0.25, -0.2) is 4.79 Å². The molecule has 3 heteroatoms. The fourth-order valence-corrected chi connectivity index (χ4v) is 0.908. The molecule has 0 amide bonds. The van der Waals surface area contributed by atoms with E-state index >= 15 is 0 Å². The largest absolute Gasteiger partial charge is 0.466 e. The molecular weight excluding hydrogens is 243 g/mol. The van der Waals surface area contributed by atoms with Crippen molar-refractivity contribution in [1.29, 1.82) is 0 Å². The second-order valence-corrected chi connectivity index (χ2v) is 2.97. The third kappa shape index (κ3) is 3.87. The zero-order valence-electron chi connectivity index (χ0n) is 6.02. The number of hydrogen-bond donors (Lipinski definition) is 0. The van der Waals surface area contributed by atoms with Crippen molar-refractivity contribution in [3.63, 3.8) is 0 Å². The van der Waals surface area contributed by atoms with Gasteiger partial charge in [0.25, 0.3) is 0 Å². The number of esters is 1. The number of alkyl halides is 1. The maximum Gasteiger partial charge on any atom is 0.333 e. The van der Waals surface area contributed by atoms with E-state index < -0.39 is 0 Å². The van der Waals surface area contributed by atoms with Crippen LogP contribution in [0, 0.1) is 0 Å². The van der Waals surface area contributed by atoms with E-state index in [2.05, 4.69) is 33.9 Å². The Morgan fingerprint density at radius 2 is 2.30 bits per heavy atom. The average molecular weight is 254 g/mol. The van der Waals surface area contributed by atoms with E-state index in [4.69, 9.17) is 0 Å². The molecule has 0 bridgehead atoms. The summed E-state index contributed by atoms with van der Waals surface area (Å²) in [5, 5.41) is 0. The van der Waals surface area contributed by atoms with Crippen LogP contribution in [0.15, 0.2) is 12.2 Å². The lowest BCUT2D eigenvalue weighted by molar-refractivity contribution is -0.136. The molecule has 0 N–H and O–H groups in total. The first-order valence-corrected chi connectivity index (χ1v) is 4.57. The first-order valence-electron chi connectivity index (χ1n) is 3.04. The number of hydrogen-bond acceptors (Lipinski definition) is 2. The van der Waals surface area contributed by atoms with Crippen molar-refractivity contribution in [2.75, 3.05) is 11.5 Å². The minimum absolute atomic E-state index is 0.287. The van der Waals surface area contributed by atoms with Crippen LogP contribution in [0.5, 0.6) is 0 Å². The quantitative estimate of drug-likeness (QED) is 0.331. The van der Waals surface area contributed by atoms with E-state index in [1.165, 1.54) is 7.11 Å². The van der Waals surface area contributed by atoms with Crippen LogP contribution in [0.2, 0.25) is 0 Å². The molecule has 0 saturated heterocycles. The first kappa shape index (κ1) is 9.94. The van der Waals surface area contributed by atoms with E-state index in [1.54, 1.807) is 0 Å². The molecule has 0 heterocycles. The van der Waals surface area contributed by atoms with Gasteiger partial charge in [-0.15, -0.1) is 0 Å². The lowest BCUT2D eigenvalue weighted by atomic mass is 10.2. The first-order chi connectivity index (χ1) is 4.72.